The molecule has 2 aromatic rings. The number of fused-ring (bicyclic) bond motifs is 1. The third kappa shape index (κ3) is 5.48. The summed E-state index contributed by atoms with van der Waals surface area (Å²) in [5.74, 6) is 0.0636. The van der Waals surface area contributed by atoms with Crippen molar-refractivity contribution in [1.29, 1.82) is 5.26 Å². The van der Waals surface area contributed by atoms with Gasteiger partial charge in [0.05, 0.1) is 7.11 Å². The summed E-state index contributed by atoms with van der Waals surface area (Å²) in [5, 5.41) is 8.60. The second-order valence-corrected chi connectivity index (χ2v) is 6.91. The summed E-state index contributed by atoms with van der Waals surface area (Å²) in [7, 11) is 1.49. The van der Waals surface area contributed by atoms with Gasteiger partial charge in [-0.2, -0.15) is 5.26 Å². The predicted molar refractivity (Wildman–Crippen MR) is 112 cm³/mol. The summed E-state index contributed by atoms with van der Waals surface area (Å²) in [6.07, 6.45) is 7.18. The summed E-state index contributed by atoms with van der Waals surface area (Å²) in [6.45, 7) is -0.387. The summed E-state index contributed by atoms with van der Waals surface area (Å²) < 4.78 is 15.6. The lowest BCUT2D eigenvalue weighted by Crippen LogP contribution is -2.13. The van der Waals surface area contributed by atoms with Crippen LogP contribution in [0.25, 0.3) is 6.08 Å². The lowest BCUT2D eigenvalue weighted by molar-refractivity contribution is -0.136. The zero-order valence-electron chi connectivity index (χ0n) is 16.8. The van der Waals surface area contributed by atoms with Crippen molar-refractivity contribution in [2.75, 3.05) is 20.3 Å². The van der Waals surface area contributed by atoms with Crippen LogP contribution in [0, 0.1) is 11.3 Å². The summed E-state index contributed by atoms with van der Waals surface area (Å²) >= 11 is 0. The number of carbonyl (C=O) groups excluding carboxylic acids is 2. The number of rotatable bonds is 8. The first-order valence-corrected chi connectivity index (χ1v) is 9.78. The van der Waals surface area contributed by atoms with Gasteiger partial charge in [-0.15, -0.1) is 0 Å². The molecule has 0 saturated heterocycles. The van der Waals surface area contributed by atoms with E-state index in [9.17, 15) is 9.59 Å². The summed E-state index contributed by atoms with van der Waals surface area (Å²) in [6, 6.07) is 12.7. The molecule has 6 heteroatoms. The van der Waals surface area contributed by atoms with Crippen molar-refractivity contribution >= 4 is 17.8 Å². The molecule has 0 saturated carbocycles. The topological polar surface area (TPSA) is 85.6 Å². The molecule has 6 nitrogen and oxygen atoms in total. The Balaban J connectivity index is 1.56. The molecule has 0 heterocycles. The number of hydrogen-bond donors (Lipinski definition) is 0. The fourth-order valence-electron chi connectivity index (χ4n) is 3.36. The number of nitrogens with zero attached hydrogens (tertiary/aromatic N) is 1. The Bertz CT molecular complexity index is 1000. The van der Waals surface area contributed by atoms with Crippen molar-refractivity contribution in [2.24, 2.45) is 0 Å². The average molecular weight is 405 g/mol. The molecule has 30 heavy (non-hydrogen) atoms. The van der Waals surface area contributed by atoms with Gasteiger partial charge in [0.2, 0.25) is 0 Å². The predicted octanol–water partition coefficient (Wildman–Crippen LogP) is 3.92. The number of aryl methyl sites for hydroxylation is 2. The van der Waals surface area contributed by atoms with Crippen LogP contribution in [-0.2, 0) is 22.4 Å². The molecule has 0 fully saturated rings. The van der Waals surface area contributed by atoms with E-state index in [0.29, 0.717) is 22.6 Å². The van der Waals surface area contributed by atoms with E-state index in [2.05, 4.69) is 0 Å². The van der Waals surface area contributed by atoms with Gasteiger partial charge in [-0.25, -0.2) is 4.79 Å². The highest BCUT2D eigenvalue weighted by Gasteiger charge is 2.14. The minimum Gasteiger partial charge on any atom is -0.493 e. The molecule has 0 atom stereocenters. The zero-order chi connectivity index (χ0) is 21.3. The molecule has 3 rings (SSSR count). The number of ketones is 1. The largest absolute Gasteiger partial charge is 0.493 e. The van der Waals surface area contributed by atoms with Gasteiger partial charge < -0.3 is 14.2 Å². The SMILES string of the molecule is COc1cc(/C=C/C(=O)OCC(=O)c2ccc3c(c2)CCCC3)ccc1OCC#N. The first kappa shape index (κ1) is 21.1. The third-order valence-electron chi connectivity index (χ3n) is 4.91. The van der Waals surface area contributed by atoms with Crippen LogP contribution in [0.15, 0.2) is 42.5 Å². The van der Waals surface area contributed by atoms with Crippen molar-refractivity contribution in [3.8, 4) is 17.6 Å². The van der Waals surface area contributed by atoms with Crippen molar-refractivity contribution in [3.05, 3.63) is 64.7 Å². The van der Waals surface area contributed by atoms with Gasteiger partial charge in [-0.05, 0) is 66.6 Å². The quantitative estimate of drug-likeness (QED) is 0.376. The molecular weight excluding hydrogens is 382 g/mol. The molecule has 154 valence electrons. The number of hydrogen-bond acceptors (Lipinski definition) is 6. The molecule has 0 aliphatic heterocycles. The molecule has 0 N–H and O–H groups in total. The molecule has 1 aliphatic carbocycles. The molecule has 0 radical (unpaired) electrons. The summed E-state index contributed by atoms with van der Waals surface area (Å²) in [5.41, 5.74) is 3.78. The van der Waals surface area contributed by atoms with E-state index in [1.807, 2.05) is 18.2 Å². The van der Waals surface area contributed by atoms with Crippen molar-refractivity contribution in [3.63, 3.8) is 0 Å². The number of ether oxygens (including phenoxy) is 3. The molecule has 0 aromatic heterocycles. The van der Waals surface area contributed by atoms with Gasteiger partial charge in [0.25, 0.3) is 0 Å². The smallest absolute Gasteiger partial charge is 0.331 e. The van der Waals surface area contributed by atoms with Crippen LogP contribution in [0.2, 0.25) is 0 Å². The maximum atomic E-state index is 12.4. The van der Waals surface area contributed by atoms with Crippen LogP contribution in [0.4, 0.5) is 0 Å². The highest BCUT2D eigenvalue weighted by Crippen LogP contribution is 2.28. The van der Waals surface area contributed by atoms with E-state index in [1.54, 1.807) is 30.3 Å². The molecule has 1 aliphatic rings. The van der Waals surface area contributed by atoms with Gasteiger partial charge in [-0.1, -0.05) is 18.2 Å². The van der Waals surface area contributed by atoms with Crippen molar-refractivity contribution < 1.29 is 23.8 Å². The van der Waals surface area contributed by atoms with Gasteiger partial charge >= 0.3 is 5.97 Å². The lowest BCUT2D eigenvalue weighted by atomic mass is 9.90. The Kier molecular flexibility index (Phi) is 7.23. The van der Waals surface area contributed by atoms with Gasteiger partial charge in [0.15, 0.2) is 30.5 Å². The molecule has 0 bridgehead atoms. The Morgan fingerprint density at radius 3 is 2.63 bits per heavy atom. The Morgan fingerprint density at radius 2 is 1.87 bits per heavy atom. The lowest BCUT2D eigenvalue weighted by Gasteiger charge is -2.16. The second kappa shape index (κ2) is 10.3. The Hall–Kier alpha value is -3.59. The number of esters is 1. The van der Waals surface area contributed by atoms with Crippen LogP contribution >= 0.6 is 0 Å². The monoisotopic (exact) mass is 405 g/mol. The number of methoxy groups -OCH3 is 1. The van der Waals surface area contributed by atoms with E-state index < -0.39 is 5.97 Å². The maximum absolute atomic E-state index is 12.4. The Morgan fingerprint density at radius 1 is 1.07 bits per heavy atom. The first-order valence-electron chi connectivity index (χ1n) is 9.78. The summed E-state index contributed by atoms with van der Waals surface area (Å²) in [4.78, 5) is 24.4. The van der Waals surface area contributed by atoms with E-state index in [4.69, 9.17) is 19.5 Å². The van der Waals surface area contributed by atoms with E-state index in [0.717, 1.165) is 19.3 Å². The zero-order valence-corrected chi connectivity index (χ0v) is 16.8. The minimum absolute atomic E-state index is 0.0872. The number of carbonyl (C=O) groups is 2. The van der Waals surface area contributed by atoms with Gasteiger partial charge in [-0.3, -0.25) is 4.79 Å². The molecule has 0 unspecified atom stereocenters. The van der Waals surface area contributed by atoms with Crippen LogP contribution in [0.5, 0.6) is 11.5 Å². The van der Waals surface area contributed by atoms with Crippen LogP contribution in [0.1, 0.15) is 39.9 Å². The fourth-order valence-corrected chi connectivity index (χ4v) is 3.36. The van der Waals surface area contributed by atoms with Crippen LogP contribution in [0.3, 0.4) is 0 Å². The number of benzene rings is 2. The van der Waals surface area contributed by atoms with Crippen molar-refractivity contribution in [1.82, 2.24) is 0 Å². The fraction of sp³-hybridized carbons (Fsp3) is 0.292. The minimum atomic E-state index is -0.606. The highest BCUT2D eigenvalue weighted by atomic mass is 16.5. The number of Topliss-reactive ketones (excluding diaryl/α,β-unsaturated/α-hetero) is 1. The molecule has 0 amide bonds. The Labute approximate surface area is 175 Å². The maximum Gasteiger partial charge on any atom is 0.331 e. The molecule has 2 aromatic carbocycles. The average Bonchev–Trinajstić information content (AvgIpc) is 2.79. The van der Waals surface area contributed by atoms with Crippen LogP contribution in [-0.4, -0.2) is 32.1 Å². The van der Waals surface area contributed by atoms with Crippen molar-refractivity contribution in [2.45, 2.75) is 25.7 Å². The van der Waals surface area contributed by atoms with Gasteiger partial charge in [0, 0.05) is 11.6 Å². The molecular formula is C24H23NO5. The van der Waals surface area contributed by atoms with E-state index in [1.165, 1.54) is 30.7 Å². The molecule has 0 spiro atoms. The van der Waals surface area contributed by atoms with E-state index in [-0.39, 0.29) is 19.0 Å². The normalized spacial score (nSPS) is 12.7. The standard InChI is InChI=1S/C24H23NO5/c1-28-23-14-17(6-10-22(23)29-13-12-25)7-11-24(27)30-16-21(26)20-9-8-18-4-2-3-5-19(18)15-20/h6-11,14-15H,2-5,13,16H2,1H3/b11-7+. The van der Waals surface area contributed by atoms with Gasteiger partial charge in [0.1, 0.15) is 6.07 Å². The first-order chi connectivity index (χ1) is 14.6. The van der Waals surface area contributed by atoms with Crippen LogP contribution < -0.4 is 9.47 Å². The van der Waals surface area contributed by atoms with E-state index >= 15 is 0 Å². The highest BCUT2D eigenvalue weighted by molar-refractivity contribution is 5.99. The number of nitriles is 1. The third-order valence-corrected chi connectivity index (χ3v) is 4.91. The second-order valence-electron chi connectivity index (χ2n) is 6.91.